The quantitative estimate of drug-likeness (QED) is 0.412. The van der Waals surface area contributed by atoms with Crippen molar-refractivity contribution in [2.24, 2.45) is 10.8 Å². The summed E-state index contributed by atoms with van der Waals surface area (Å²) >= 11 is 0. The van der Waals surface area contributed by atoms with Crippen molar-refractivity contribution in [3.05, 3.63) is 35.4 Å². The topological polar surface area (TPSA) is 50.4 Å². The highest BCUT2D eigenvalue weighted by Gasteiger charge is 1.97. The third-order valence-electron chi connectivity index (χ3n) is 1.86. The van der Waals surface area contributed by atoms with Gasteiger partial charge in [-0.25, -0.2) is 0 Å². The van der Waals surface area contributed by atoms with Gasteiger partial charge in [-0.1, -0.05) is 25.1 Å². The predicted octanol–water partition coefficient (Wildman–Crippen LogP) is 1.09. The molecule has 13 heavy (non-hydrogen) atoms. The number of nitrogens with zero attached hydrogens (tertiary/aromatic N) is 1. The minimum atomic E-state index is 0.526. The smallest absolute Gasteiger partial charge is 0.150 e. The van der Waals surface area contributed by atoms with Crippen molar-refractivity contribution in [2.75, 3.05) is 7.05 Å². The SMILES string of the molecule is CCc1cccc(/C(N)=N/NC)c1. The first-order chi connectivity index (χ1) is 6.27. The molecule has 70 valence electrons. The molecule has 1 aromatic carbocycles. The van der Waals surface area contributed by atoms with Crippen molar-refractivity contribution in [2.45, 2.75) is 13.3 Å². The van der Waals surface area contributed by atoms with Crippen LogP contribution < -0.4 is 11.2 Å². The lowest BCUT2D eigenvalue weighted by Gasteiger charge is -2.02. The minimum Gasteiger partial charge on any atom is -0.382 e. The Morgan fingerprint density at radius 1 is 1.54 bits per heavy atom. The summed E-state index contributed by atoms with van der Waals surface area (Å²) in [6.07, 6.45) is 1.01. The Bertz CT molecular complexity index is 305. The Hall–Kier alpha value is -1.51. The van der Waals surface area contributed by atoms with E-state index < -0.39 is 0 Å². The molecule has 0 aliphatic rings. The zero-order chi connectivity index (χ0) is 9.68. The van der Waals surface area contributed by atoms with Crippen LogP contribution in [0.5, 0.6) is 0 Å². The Labute approximate surface area is 78.6 Å². The molecule has 0 bridgehead atoms. The van der Waals surface area contributed by atoms with E-state index in [0.29, 0.717) is 5.84 Å². The Balaban J connectivity index is 2.94. The van der Waals surface area contributed by atoms with Crippen LogP contribution in [0.15, 0.2) is 29.4 Å². The van der Waals surface area contributed by atoms with Crippen LogP contribution in [0.3, 0.4) is 0 Å². The number of hydrogen-bond acceptors (Lipinski definition) is 2. The third-order valence-corrected chi connectivity index (χ3v) is 1.86. The van der Waals surface area contributed by atoms with E-state index in [9.17, 15) is 0 Å². The summed E-state index contributed by atoms with van der Waals surface area (Å²) in [6, 6.07) is 8.08. The molecule has 0 radical (unpaired) electrons. The van der Waals surface area contributed by atoms with E-state index in [4.69, 9.17) is 5.73 Å². The molecule has 0 aromatic heterocycles. The maximum absolute atomic E-state index is 5.72. The number of hydrogen-bond donors (Lipinski definition) is 2. The molecule has 3 heteroatoms. The lowest BCUT2D eigenvalue weighted by molar-refractivity contribution is 0.897. The molecular formula is C10H15N3. The predicted molar refractivity (Wildman–Crippen MR) is 55.6 cm³/mol. The van der Waals surface area contributed by atoms with Gasteiger partial charge in [0.25, 0.3) is 0 Å². The average Bonchev–Trinajstić information content (AvgIpc) is 2.18. The van der Waals surface area contributed by atoms with Gasteiger partial charge in [0.05, 0.1) is 0 Å². The van der Waals surface area contributed by atoms with Crippen molar-refractivity contribution >= 4 is 5.84 Å². The number of aryl methyl sites for hydroxylation is 1. The number of nitrogens with two attached hydrogens (primary N) is 1. The first-order valence-corrected chi connectivity index (χ1v) is 4.37. The van der Waals surface area contributed by atoms with E-state index >= 15 is 0 Å². The molecule has 1 aromatic rings. The molecule has 1 rings (SSSR count). The number of hydrazone groups is 1. The number of nitrogens with one attached hydrogen (secondary N) is 1. The van der Waals surface area contributed by atoms with Crippen molar-refractivity contribution < 1.29 is 0 Å². The van der Waals surface area contributed by atoms with Crippen LogP contribution >= 0.6 is 0 Å². The maximum Gasteiger partial charge on any atom is 0.150 e. The number of amidine groups is 1. The van der Waals surface area contributed by atoms with E-state index in [0.717, 1.165) is 12.0 Å². The van der Waals surface area contributed by atoms with Gasteiger partial charge in [0.2, 0.25) is 0 Å². The highest BCUT2D eigenvalue weighted by molar-refractivity contribution is 5.97. The molecular weight excluding hydrogens is 162 g/mol. The van der Waals surface area contributed by atoms with Gasteiger partial charge in [-0.2, -0.15) is 5.10 Å². The fourth-order valence-electron chi connectivity index (χ4n) is 1.14. The Morgan fingerprint density at radius 3 is 2.92 bits per heavy atom. The van der Waals surface area contributed by atoms with E-state index in [1.54, 1.807) is 7.05 Å². The molecule has 0 saturated heterocycles. The van der Waals surface area contributed by atoms with Gasteiger partial charge in [0.1, 0.15) is 0 Å². The molecule has 3 nitrogen and oxygen atoms in total. The summed E-state index contributed by atoms with van der Waals surface area (Å²) in [5.41, 5.74) is 10.6. The van der Waals surface area contributed by atoms with Crippen LogP contribution in [0.4, 0.5) is 0 Å². The molecule has 0 saturated carbocycles. The highest BCUT2D eigenvalue weighted by atomic mass is 15.3. The number of benzene rings is 1. The zero-order valence-corrected chi connectivity index (χ0v) is 8.04. The molecule has 0 unspecified atom stereocenters. The lowest BCUT2D eigenvalue weighted by Crippen LogP contribution is -2.17. The van der Waals surface area contributed by atoms with Crippen molar-refractivity contribution in [1.82, 2.24) is 5.43 Å². The fraction of sp³-hybridized carbons (Fsp3) is 0.300. The fourth-order valence-corrected chi connectivity index (χ4v) is 1.14. The van der Waals surface area contributed by atoms with E-state index in [1.165, 1.54) is 5.56 Å². The molecule has 0 heterocycles. The van der Waals surface area contributed by atoms with Gasteiger partial charge in [-0.3, -0.25) is 0 Å². The second kappa shape index (κ2) is 4.50. The summed E-state index contributed by atoms with van der Waals surface area (Å²) in [5.74, 6) is 0.526. The third kappa shape index (κ3) is 2.47. The van der Waals surface area contributed by atoms with E-state index in [2.05, 4.69) is 29.6 Å². The average molecular weight is 177 g/mol. The Kier molecular flexibility index (Phi) is 3.31. The highest BCUT2D eigenvalue weighted by Crippen LogP contribution is 2.05. The van der Waals surface area contributed by atoms with Crippen molar-refractivity contribution in [3.63, 3.8) is 0 Å². The molecule has 0 aliphatic heterocycles. The van der Waals surface area contributed by atoms with Crippen LogP contribution in [0, 0.1) is 0 Å². The summed E-state index contributed by atoms with van der Waals surface area (Å²) in [5, 5.41) is 3.91. The van der Waals surface area contributed by atoms with Gasteiger partial charge in [-0.15, -0.1) is 0 Å². The second-order valence-electron chi connectivity index (χ2n) is 2.77. The molecule has 0 atom stereocenters. The van der Waals surface area contributed by atoms with Crippen LogP contribution in [0.25, 0.3) is 0 Å². The summed E-state index contributed by atoms with van der Waals surface area (Å²) < 4.78 is 0. The minimum absolute atomic E-state index is 0.526. The van der Waals surface area contributed by atoms with E-state index in [1.807, 2.05) is 12.1 Å². The molecule has 0 aliphatic carbocycles. The van der Waals surface area contributed by atoms with E-state index in [-0.39, 0.29) is 0 Å². The summed E-state index contributed by atoms with van der Waals surface area (Å²) in [6.45, 7) is 2.12. The Morgan fingerprint density at radius 2 is 2.31 bits per heavy atom. The van der Waals surface area contributed by atoms with Gasteiger partial charge in [-0.05, 0) is 18.1 Å². The second-order valence-corrected chi connectivity index (χ2v) is 2.77. The van der Waals surface area contributed by atoms with Crippen LogP contribution in [-0.2, 0) is 6.42 Å². The van der Waals surface area contributed by atoms with Crippen LogP contribution in [0.1, 0.15) is 18.1 Å². The zero-order valence-electron chi connectivity index (χ0n) is 8.04. The summed E-state index contributed by atoms with van der Waals surface area (Å²) in [7, 11) is 1.73. The molecule has 3 N–H and O–H groups in total. The number of rotatable bonds is 3. The van der Waals surface area contributed by atoms with Gasteiger partial charge in [0, 0.05) is 12.6 Å². The molecule has 0 fully saturated rings. The van der Waals surface area contributed by atoms with Crippen LogP contribution in [0.2, 0.25) is 0 Å². The molecule has 0 amide bonds. The summed E-state index contributed by atoms with van der Waals surface area (Å²) in [4.78, 5) is 0. The van der Waals surface area contributed by atoms with Crippen molar-refractivity contribution in [1.29, 1.82) is 0 Å². The first-order valence-electron chi connectivity index (χ1n) is 4.37. The normalized spacial score (nSPS) is 11.4. The monoisotopic (exact) mass is 177 g/mol. The first kappa shape index (κ1) is 9.58. The van der Waals surface area contributed by atoms with Gasteiger partial charge >= 0.3 is 0 Å². The molecule has 0 spiro atoms. The van der Waals surface area contributed by atoms with Crippen molar-refractivity contribution in [3.8, 4) is 0 Å². The largest absolute Gasteiger partial charge is 0.382 e. The lowest BCUT2D eigenvalue weighted by atomic mass is 10.1. The maximum atomic E-state index is 5.72. The van der Waals surface area contributed by atoms with Gasteiger partial charge < -0.3 is 11.2 Å². The standard InChI is InChI=1S/C10H15N3/c1-3-8-5-4-6-9(7-8)10(11)13-12-2/h4-7,12H,3H2,1-2H3,(H2,11,13). The van der Waals surface area contributed by atoms with Gasteiger partial charge in [0.15, 0.2) is 5.84 Å². The van der Waals surface area contributed by atoms with Crippen LogP contribution in [-0.4, -0.2) is 12.9 Å².